The van der Waals surface area contributed by atoms with E-state index in [1.807, 2.05) is 6.07 Å². The van der Waals surface area contributed by atoms with Gasteiger partial charge in [-0.2, -0.15) is 4.98 Å². The van der Waals surface area contributed by atoms with Crippen molar-refractivity contribution in [2.24, 2.45) is 0 Å². The summed E-state index contributed by atoms with van der Waals surface area (Å²) in [6.45, 7) is 3.09. The lowest BCUT2D eigenvalue weighted by Crippen LogP contribution is -2.37. The van der Waals surface area contributed by atoms with Gasteiger partial charge >= 0.3 is 0 Å². The number of hydrogen-bond donors (Lipinski definition) is 0. The van der Waals surface area contributed by atoms with Gasteiger partial charge in [0.15, 0.2) is 15.7 Å². The molecule has 0 N–H and O–H groups in total. The molecule has 8 heteroatoms. The van der Waals surface area contributed by atoms with Crippen LogP contribution in [0.15, 0.2) is 22.7 Å². The van der Waals surface area contributed by atoms with Gasteiger partial charge in [-0.1, -0.05) is 11.2 Å². The molecule has 2 aromatic rings. The summed E-state index contributed by atoms with van der Waals surface area (Å²) < 4.78 is 41.0. The summed E-state index contributed by atoms with van der Waals surface area (Å²) in [6, 6.07) is 5.11. The number of rotatable bonds is 4. The Hall–Kier alpha value is -1.80. The fourth-order valence-electron chi connectivity index (χ4n) is 2.80. The molecule has 6 nitrogen and oxygen atoms in total. The predicted octanol–water partition coefficient (Wildman–Crippen LogP) is 1.70. The summed E-state index contributed by atoms with van der Waals surface area (Å²) in [5.41, 5.74) is 2.11. The largest absolute Gasteiger partial charge is 0.338 e. The number of hydrogen-bond acceptors (Lipinski definition) is 6. The van der Waals surface area contributed by atoms with Crippen molar-refractivity contribution in [2.75, 3.05) is 6.26 Å². The van der Waals surface area contributed by atoms with Gasteiger partial charge in [0, 0.05) is 18.8 Å². The van der Waals surface area contributed by atoms with Crippen molar-refractivity contribution in [2.45, 2.75) is 38.2 Å². The zero-order valence-electron chi connectivity index (χ0n) is 13.0. The lowest BCUT2D eigenvalue weighted by Gasteiger charge is -2.33. The molecule has 0 saturated heterocycles. The molecule has 0 aliphatic carbocycles. The molecule has 0 radical (unpaired) electrons. The lowest BCUT2D eigenvalue weighted by molar-refractivity contribution is 0.153. The molecule has 0 spiro atoms. The van der Waals surface area contributed by atoms with Crippen LogP contribution in [-0.2, 0) is 35.1 Å². The van der Waals surface area contributed by atoms with Gasteiger partial charge in [0.05, 0.1) is 6.54 Å². The maximum absolute atomic E-state index is 13.4. The number of sulfone groups is 1. The van der Waals surface area contributed by atoms with E-state index in [0.29, 0.717) is 19.0 Å². The van der Waals surface area contributed by atoms with Gasteiger partial charge in [0.25, 0.3) is 0 Å². The van der Waals surface area contributed by atoms with Crippen molar-refractivity contribution in [1.29, 1.82) is 0 Å². The molecule has 124 valence electrons. The van der Waals surface area contributed by atoms with Gasteiger partial charge in [-0.05, 0) is 36.6 Å². The Labute approximate surface area is 134 Å². The Balaban J connectivity index is 1.73. The van der Waals surface area contributed by atoms with Crippen molar-refractivity contribution < 1.29 is 17.3 Å². The van der Waals surface area contributed by atoms with Gasteiger partial charge in [-0.25, -0.2) is 12.8 Å². The van der Waals surface area contributed by atoms with Gasteiger partial charge in [-0.3, -0.25) is 4.90 Å². The van der Waals surface area contributed by atoms with Crippen molar-refractivity contribution >= 4 is 9.84 Å². The number of nitrogens with zero attached hydrogens (tertiary/aromatic N) is 3. The number of fused-ring (bicyclic) bond motifs is 1. The molecule has 0 unspecified atom stereocenters. The van der Waals surface area contributed by atoms with Crippen molar-refractivity contribution in [3.63, 3.8) is 0 Å². The molecule has 23 heavy (non-hydrogen) atoms. The fourth-order valence-corrected chi connectivity index (χ4v) is 3.38. The van der Waals surface area contributed by atoms with Gasteiger partial charge in [0.2, 0.25) is 5.89 Å². The maximum Gasteiger partial charge on any atom is 0.240 e. The van der Waals surface area contributed by atoms with Gasteiger partial charge in [0.1, 0.15) is 11.6 Å². The first-order valence-corrected chi connectivity index (χ1v) is 9.37. The van der Waals surface area contributed by atoms with E-state index in [4.69, 9.17) is 4.52 Å². The average molecular weight is 339 g/mol. The van der Waals surface area contributed by atoms with Crippen LogP contribution in [0.1, 0.15) is 29.8 Å². The third-order valence-electron chi connectivity index (χ3n) is 3.92. The first-order chi connectivity index (χ1) is 10.8. The molecule has 1 aliphatic heterocycles. The van der Waals surface area contributed by atoms with Crippen LogP contribution >= 0.6 is 0 Å². The predicted molar refractivity (Wildman–Crippen MR) is 81.7 cm³/mol. The fraction of sp³-hybridized carbons (Fsp3) is 0.467. The normalized spacial score (nSPS) is 18.8. The highest BCUT2D eigenvalue weighted by molar-refractivity contribution is 7.89. The maximum atomic E-state index is 13.4. The van der Waals surface area contributed by atoms with Crippen LogP contribution in [0.5, 0.6) is 0 Å². The molecular weight excluding hydrogens is 321 g/mol. The third kappa shape index (κ3) is 3.94. The third-order valence-corrected chi connectivity index (χ3v) is 4.70. The van der Waals surface area contributed by atoms with E-state index in [0.717, 1.165) is 23.8 Å². The van der Waals surface area contributed by atoms with Crippen molar-refractivity contribution in [3.05, 3.63) is 46.9 Å². The van der Waals surface area contributed by atoms with Gasteiger partial charge < -0.3 is 4.52 Å². The summed E-state index contributed by atoms with van der Waals surface area (Å²) in [4.78, 5) is 6.24. The summed E-state index contributed by atoms with van der Waals surface area (Å²) >= 11 is 0. The second kappa shape index (κ2) is 6.01. The minimum absolute atomic E-state index is 0.165. The van der Waals surface area contributed by atoms with Crippen LogP contribution in [0.4, 0.5) is 4.39 Å². The molecule has 0 saturated carbocycles. The van der Waals surface area contributed by atoms with E-state index in [9.17, 15) is 12.8 Å². The van der Waals surface area contributed by atoms with Crippen LogP contribution < -0.4 is 0 Å². The first kappa shape index (κ1) is 16.1. The van der Waals surface area contributed by atoms with E-state index in [1.165, 1.54) is 6.07 Å². The standard InChI is InChI=1S/C15H18FN3O3S/c1-10-5-11-3-4-13(16)6-12(11)7-19(10)8-15-17-14(18-22-15)9-23(2,20)21/h3-4,6,10H,5,7-9H2,1-2H3/t10-/m0/s1. The highest BCUT2D eigenvalue weighted by Gasteiger charge is 2.25. The molecule has 1 aromatic heterocycles. The smallest absolute Gasteiger partial charge is 0.240 e. The Morgan fingerprint density at radius 2 is 2.17 bits per heavy atom. The monoisotopic (exact) mass is 339 g/mol. The molecule has 1 atom stereocenters. The van der Waals surface area contributed by atoms with Gasteiger partial charge in [-0.15, -0.1) is 0 Å². The molecule has 1 aromatic carbocycles. The highest BCUT2D eigenvalue weighted by atomic mass is 32.2. The molecular formula is C15H18FN3O3S. The molecule has 0 fully saturated rings. The number of aromatic nitrogens is 2. The summed E-state index contributed by atoms with van der Waals surface area (Å²) in [5, 5.41) is 3.70. The summed E-state index contributed by atoms with van der Waals surface area (Å²) in [5.74, 6) is 0.0561. The minimum Gasteiger partial charge on any atom is -0.338 e. The number of benzene rings is 1. The second-order valence-corrected chi connectivity index (χ2v) is 8.19. The van der Waals surface area contributed by atoms with E-state index in [-0.39, 0.29) is 23.4 Å². The lowest BCUT2D eigenvalue weighted by atomic mass is 9.95. The van der Waals surface area contributed by atoms with Crippen LogP contribution in [0, 0.1) is 5.82 Å². The zero-order valence-corrected chi connectivity index (χ0v) is 13.8. The molecule has 0 bridgehead atoms. The van der Waals surface area contributed by atoms with E-state index in [1.54, 1.807) is 6.07 Å². The van der Waals surface area contributed by atoms with Crippen LogP contribution in [-0.4, -0.2) is 35.8 Å². The van der Waals surface area contributed by atoms with Crippen molar-refractivity contribution in [3.8, 4) is 0 Å². The Morgan fingerprint density at radius 1 is 1.39 bits per heavy atom. The topological polar surface area (TPSA) is 76.3 Å². The highest BCUT2D eigenvalue weighted by Crippen LogP contribution is 2.25. The van der Waals surface area contributed by atoms with E-state index in [2.05, 4.69) is 22.0 Å². The van der Waals surface area contributed by atoms with E-state index < -0.39 is 9.84 Å². The van der Waals surface area contributed by atoms with Crippen LogP contribution in [0.25, 0.3) is 0 Å². The summed E-state index contributed by atoms with van der Waals surface area (Å²) in [6.07, 6.45) is 1.95. The Kier molecular flexibility index (Phi) is 4.20. The zero-order chi connectivity index (χ0) is 16.6. The Bertz CT molecular complexity index is 819. The summed E-state index contributed by atoms with van der Waals surface area (Å²) in [7, 11) is -3.19. The Morgan fingerprint density at radius 3 is 2.91 bits per heavy atom. The van der Waals surface area contributed by atoms with E-state index >= 15 is 0 Å². The molecule has 2 heterocycles. The van der Waals surface area contributed by atoms with Crippen LogP contribution in [0.3, 0.4) is 0 Å². The minimum atomic E-state index is -3.19. The quantitative estimate of drug-likeness (QED) is 0.844. The SMILES string of the molecule is C[C@H]1Cc2ccc(F)cc2CN1Cc1nc(CS(C)(=O)=O)no1. The average Bonchev–Trinajstić information content (AvgIpc) is 2.85. The number of halogens is 1. The van der Waals surface area contributed by atoms with Crippen LogP contribution in [0.2, 0.25) is 0 Å². The molecule has 0 amide bonds. The first-order valence-electron chi connectivity index (χ1n) is 7.31. The molecule has 3 rings (SSSR count). The molecule has 1 aliphatic rings. The second-order valence-electron chi connectivity index (χ2n) is 6.05. The van der Waals surface area contributed by atoms with Crippen molar-refractivity contribution in [1.82, 2.24) is 15.0 Å².